The molecule has 1 saturated carbocycles. The van der Waals surface area contributed by atoms with Crippen LogP contribution >= 0.6 is 0 Å². The van der Waals surface area contributed by atoms with Gasteiger partial charge in [-0.2, -0.15) is 0 Å². The van der Waals surface area contributed by atoms with Gasteiger partial charge in [0.2, 0.25) is 10.0 Å². The molecule has 0 heterocycles. The van der Waals surface area contributed by atoms with Crippen LogP contribution < -0.4 is 10.5 Å². The molecule has 0 aromatic carbocycles. The van der Waals surface area contributed by atoms with Crippen LogP contribution in [0, 0.1) is 10.8 Å². The Kier molecular flexibility index (Phi) is 3.88. The van der Waals surface area contributed by atoms with Gasteiger partial charge in [0, 0.05) is 0 Å². The molecular weight excluding hydrogens is 238 g/mol. The van der Waals surface area contributed by atoms with Gasteiger partial charge in [0.1, 0.15) is 5.84 Å². The van der Waals surface area contributed by atoms with Crippen molar-refractivity contribution in [3.05, 3.63) is 0 Å². The molecule has 0 aromatic rings. The normalized spacial score (nSPS) is 20.4. The molecule has 1 fully saturated rings. The van der Waals surface area contributed by atoms with Crippen LogP contribution in [0.4, 0.5) is 0 Å². The van der Waals surface area contributed by atoms with Crippen LogP contribution in [-0.2, 0) is 10.0 Å². The Hall–Kier alpha value is -0.620. The van der Waals surface area contributed by atoms with Gasteiger partial charge in [0.05, 0.1) is 11.3 Å². The van der Waals surface area contributed by atoms with Gasteiger partial charge >= 0.3 is 0 Å². The zero-order chi connectivity index (χ0) is 13.3. The fourth-order valence-corrected chi connectivity index (χ4v) is 4.43. The highest BCUT2D eigenvalue weighted by Gasteiger charge is 2.41. The van der Waals surface area contributed by atoms with Crippen molar-refractivity contribution in [3.63, 3.8) is 0 Å². The van der Waals surface area contributed by atoms with Gasteiger partial charge in [0.25, 0.3) is 0 Å². The van der Waals surface area contributed by atoms with Crippen molar-refractivity contribution in [1.82, 2.24) is 4.72 Å². The molecule has 0 spiro atoms. The van der Waals surface area contributed by atoms with E-state index in [0.717, 1.165) is 12.8 Å². The quantitative estimate of drug-likeness (QED) is 0.524. The Morgan fingerprint density at radius 3 is 2.18 bits per heavy atom. The minimum absolute atomic E-state index is 0.0506. The van der Waals surface area contributed by atoms with E-state index in [9.17, 15) is 8.42 Å². The topological polar surface area (TPSA) is 96.0 Å². The van der Waals surface area contributed by atoms with Crippen LogP contribution in [0.15, 0.2) is 0 Å². The third-order valence-corrected chi connectivity index (χ3v) is 4.89. The molecule has 0 radical (unpaired) electrons. The molecule has 0 bridgehead atoms. The summed E-state index contributed by atoms with van der Waals surface area (Å²) in [5.41, 5.74) is 4.43. The maximum Gasteiger partial charge on any atom is 0.213 e. The molecule has 100 valence electrons. The molecule has 0 amide bonds. The lowest BCUT2D eigenvalue weighted by Crippen LogP contribution is -2.56. The molecule has 17 heavy (non-hydrogen) atoms. The third-order valence-electron chi connectivity index (χ3n) is 2.95. The Bertz CT molecular complexity index is 389. The summed E-state index contributed by atoms with van der Waals surface area (Å²) in [6, 6.07) is 0. The first kappa shape index (κ1) is 14.4. The first-order chi connectivity index (χ1) is 7.56. The molecule has 6 heteroatoms. The first-order valence-corrected chi connectivity index (χ1v) is 7.58. The molecule has 1 aliphatic carbocycles. The van der Waals surface area contributed by atoms with Crippen LogP contribution in [0.2, 0.25) is 0 Å². The summed E-state index contributed by atoms with van der Waals surface area (Å²) in [5, 5.41) is 7.60. The summed E-state index contributed by atoms with van der Waals surface area (Å²) in [4.78, 5) is 0. The molecule has 0 unspecified atom stereocenters. The number of hydrogen-bond acceptors (Lipinski definition) is 3. The Balaban J connectivity index is 2.85. The smallest absolute Gasteiger partial charge is 0.213 e. The van der Waals surface area contributed by atoms with Crippen LogP contribution in [0.3, 0.4) is 0 Å². The van der Waals surface area contributed by atoms with Crippen molar-refractivity contribution >= 4 is 15.9 Å². The number of nitrogens with two attached hydrogens (primary N) is 1. The first-order valence-electron chi connectivity index (χ1n) is 5.93. The van der Waals surface area contributed by atoms with E-state index in [1.807, 2.05) is 20.8 Å². The van der Waals surface area contributed by atoms with E-state index in [2.05, 4.69) is 4.72 Å². The maximum absolute atomic E-state index is 12.0. The Morgan fingerprint density at radius 1 is 1.35 bits per heavy atom. The minimum atomic E-state index is -3.40. The predicted octanol–water partition coefficient (Wildman–Crippen LogP) is 1.20. The van der Waals surface area contributed by atoms with Crippen molar-refractivity contribution < 1.29 is 8.42 Å². The second-order valence-electron chi connectivity index (χ2n) is 6.12. The van der Waals surface area contributed by atoms with Crippen molar-refractivity contribution in [2.75, 3.05) is 5.75 Å². The van der Waals surface area contributed by atoms with Crippen molar-refractivity contribution in [3.8, 4) is 0 Å². The van der Waals surface area contributed by atoms with Gasteiger partial charge < -0.3 is 5.73 Å². The zero-order valence-electron chi connectivity index (χ0n) is 10.8. The number of hydrogen-bond donors (Lipinski definition) is 3. The summed E-state index contributed by atoms with van der Waals surface area (Å²) in [6.07, 6.45) is 3.09. The molecule has 1 aliphatic rings. The van der Waals surface area contributed by atoms with E-state index in [1.54, 1.807) is 0 Å². The highest BCUT2D eigenvalue weighted by atomic mass is 32.2. The predicted molar refractivity (Wildman–Crippen MR) is 69.5 cm³/mol. The molecular formula is C11H23N3O2S. The largest absolute Gasteiger partial charge is 0.386 e. The number of amidine groups is 1. The highest BCUT2D eigenvalue weighted by molar-refractivity contribution is 7.89. The van der Waals surface area contributed by atoms with E-state index in [0.29, 0.717) is 12.8 Å². The summed E-state index contributed by atoms with van der Waals surface area (Å²) in [7, 11) is -3.40. The van der Waals surface area contributed by atoms with Gasteiger partial charge in [0.15, 0.2) is 0 Å². The van der Waals surface area contributed by atoms with Crippen molar-refractivity contribution in [2.24, 2.45) is 11.1 Å². The second kappa shape index (κ2) is 4.57. The van der Waals surface area contributed by atoms with Gasteiger partial charge in [-0.15, -0.1) is 0 Å². The zero-order valence-corrected chi connectivity index (χ0v) is 11.7. The van der Waals surface area contributed by atoms with Crippen molar-refractivity contribution in [2.45, 2.75) is 52.0 Å². The fraction of sp³-hybridized carbons (Fsp3) is 0.909. The lowest BCUT2D eigenvalue weighted by Gasteiger charge is -2.30. The van der Waals surface area contributed by atoms with Crippen LogP contribution in [-0.4, -0.2) is 25.5 Å². The molecule has 0 aromatic heterocycles. The van der Waals surface area contributed by atoms with Crippen molar-refractivity contribution in [1.29, 1.82) is 5.41 Å². The average molecular weight is 261 g/mol. The van der Waals surface area contributed by atoms with E-state index < -0.39 is 15.6 Å². The van der Waals surface area contributed by atoms with Gasteiger partial charge in [-0.25, -0.2) is 13.1 Å². The summed E-state index contributed by atoms with van der Waals surface area (Å²) >= 11 is 0. The molecule has 0 saturated heterocycles. The minimum Gasteiger partial charge on any atom is -0.386 e. The summed E-state index contributed by atoms with van der Waals surface area (Å²) < 4.78 is 26.7. The van der Waals surface area contributed by atoms with Gasteiger partial charge in [-0.05, 0) is 18.3 Å². The van der Waals surface area contributed by atoms with E-state index in [-0.39, 0.29) is 17.0 Å². The van der Waals surface area contributed by atoms with E-state index in [4.69, 9.17) is 11.1 Å². The Labute approximate surface area is 104 Å². The SMILES string of the molecule is CC(C)(C)CS(=O)(=O)NC1(C(=N)N)CCCC1. The number of sulfonamides is 1. The summed E-state index contributed by atoms with van der Waals surface area (Å²) in [5.74, 6) is -0.0119. The van der Waals surface area contributed by atoms with Gasteiger partial charge in [-0.1, -0.05) is 33.6 Å². The average Bonchev–Trinajstić information content (AvgIpc) is 2.47. The Morgan fingerprint density at radius 2 is 1.82 bits per heavy atom. The van der Waals surface area contributed by atoms with E-state index in [1.165, 1.54) is 0 Å². The lowest BCUT2D eigenvalue weighted by atomic mass is 9.98. The molecule has 0 aliphatic heterocycles. The molecule has 0 atom stereocenters. The highest BCUT2D eigenvalue weighted by Crippen LogP contribution is 2.31. The van der Waals surface area contributed by atoms with Gasteiger partial charge in [-0.3, -0.25) is 5.41 Å². The molecule has 4 N–H and O–H groups in total. The molecule has 1 rings (SSSR count). The van der Waals surface area contributed by atoms with E-state index >= 15 is 0 Å². The second-order valence-corrected chi connectivity index (χ2v) is 7.85. The third kappa shape index (κ3) is 3.96. The maximum atomic E-state index is 12.0. The van der Waals surface area contributed by atoms with Crippen LogP contribution in [0.1, 0.15) is 46.5 Å². The van der Waals surface area contributed by atoms with Crippen LogP contribution in [0.25, 0.3) is 0 Å². The number of nitrogens with one attached hydrogen (secondary N) is 2. The standard InChI is InChI=1S/C11H23N3O2S/c1-10(2,3)8-17(15,16)14-11(9(12)13)6-4-5-7-11/h14H,4-8H2,1-3H3,(H3,12,13). The fourth-order valence-electron chi connectivity index (χ4n) is 2.31. The monoisotopic (exact) mass is 261 g/mol. The molecule has 5 nitrogen and oxygen atoms in total. The summed E-state index contributed by atoms with van der Waals surface area (Å²) in [6.45, 7) is 5.63. The lowest BCUT2D eigenvalue weighted by molar-refractivity contribution is 0.443. The van der Waals surface area contributed by atoms with Crippen LogP contribution in [0.5, 0.6) is 0 Å². The number of rotatable bonds is 4.